The fourth-order valence-corrected chi connectivity index (χ4v) is 7.50. The largest absolute Gasteiger partial charge is 0.504 e. The van der Waals surface area contributed by atoms with E-state index in [1.807, 2.05) is 19.2 Å². The number of phenolic OH excluding ortho intramolecular Hbond substituents is 1. The average Bonchev–Trinajstić information content (AvgIpc) is 3.22. The molecule has 7 nitrogen and oxygen atoms in total. The van der Waals surface area contributed by atoms with Crippen LogP contribution in [-0.4, -0.2) is 42.4 Å². The van der Waals surface area contributed by atoms with E-state index in [2.05, 4.69) is 89.2 Å². The number of nitrogens with zero attached hydrogens (tertiary/aromatic N) is 1. The molecule has 0 bridgehead atoms. The molecule has 5 rings (SSSR count). The van der Waals surface area contributed by atoms with Crippen LogP contribution in [0.5, 0.6) is 11.5 Å². The number of phenols is 1. The fourth-order valence-electron chi connectivity index (χ4n) is 7.50. The van der Waals surface area contributed by atoms with Gasteiger partial charge in [-0.15, -0.1) is 0 Å². The smallest absolute Gasteiger partial charge is 0.163 e. The number of anilines is 1. The van der Waals surface area contributed by atoms with Gasteiger partial charge in [0.1, 0.15) is 11.6 Å². The van der Waals surface area contributed by atoms with Crippen LogP contribution in [-0.2, 0) is 48.1 Å². The van der Waals surface area contributed by atoms with Crippen LogP contribution in [0.1, 0.15) is 89.5 Å². The Balaban J connectivity index is 1.14. The number of allylic oxidation sites excluding steroid dienone is 1. The summed E-state index contributed by atoms with van der Waals surface area (Å²) in [6.07, 6.45) is 15.5. The minimum atomic E-state index is -0.242. The van der Waals surface area contributed by atoms with Crippen LogP contribution in [0.25, 0.3) is 6.08 Å². The number of hydrogen-bond donors (Lipinski definition) is 3. The third kappa shape index (κ3) is 14.5. The molecule has 0 saturated heterocycles. The monoisotopic (exact) mass is 765 g/mol. The maximum absolute atomic E-state index is 13.0. The van der Waals surface area contributed by atoms with E-state index in [0.29, 0.717) is 30.3 Å². The third-order valence-corrected chi connectivity index (χ3v) is 10.7. The van der Waals surface area contributed by atoms with Crippen molar-refractivity contribution in [3.8, 4) is 11.5 Å². The number of carbonyl (C=O) groups excluding carboxylic acids is 2. The van der Waals surface area contributed by atoms with Crippen LogP contribution < -0.4 is 15.8 Å². The summed E-state index contributed by atoms with van der Waals surface area (Å²) in [4.78, 5) is 30.2. The number of methoxy groups -OCH3 is 1. The molecule has 0 saturated carbocycles. The molecule has 0 fully saturated rings. The Hall–Kier alpha value is -5.53. The zero-order valence-electron chi connectivity index (χ0n) is 33.7. The van der Waals surface area contributed by atoms with Gasteiger partial charge in [-0.25, -0.2) is 4.98 Å². The topological polar surface area (TPSA) is 115 Å². The van der Waals surface area contributed by atoms with Gasteiger partial charge in [0.15, 0.2) is 17.3 Å². The molecule has 298 valence electrons. The highest BCUT2D eigenvalue weighted by Crippen LogP contribution is 2.32. The van der Waals surface area contributed by atoms with Gasteiger partial charge in [-0.05, 0) is 146 Å². The second kappa shape index (κ2) is 22.9. The molecule has 0 unspecified atom stereocenters. The first-order valence-electron chi connectivity index (χ1n) is 20.5. The number of aromatic hydroxyl groups is 1. The number of nitrogen functional groups attached to an aromatic ring is 1. The van der Waals surface area contributed by atoms with Gasteiger partial charge < -0.3 is 20.9 Å². The van der Waals surface area contributed by atoms with Gasteiger partial charge >= 0.3 is 0 Å². The first-order chi connectivity index (χ1) is 27.8. The molecule has 1 heterocycles. The van der Waals surface area contributed by atoms with Crippen LogP contribution in [0.2, 0.25) is 0 Å². The highest BCUT2D eigenvalue weighted by molar-refractivity contribution is 6.06. The quantitative estimate of drug-likeness (QED) is 0.0326. The van der Waals surface area contributed by atoms with Crippen LogP contribution in [0.3, 0.4) is 0 Å². The molecule has 4 N–H and O–H groups in total. The highest BCUT2D eigenvalue weighted by atomic mass is 16.5. The molecule has 5 aromatic rings. The lowest BCUT2D eigenvalue weighted by Crippen LogP contribution is -2.19. The van der Waals surface area contributed by atoms with E-state index < -0.39 is 0 Å². The van der Waals surface area contributed by atoms with Crippen molar-refractivity contribution < 1.29 is 19.4 Å². The molecular formula is C50H59N3O4. The molecule has 0 aliphatic heterocycles. The lowest BCUT2D eigenvalue weighted by atomic mass is 9.93. The Bertz CT molecular complexity index is 2040. The minimum Gasteiger partial charge on any atom is -0.504 e. The zero-order chi connectivity index (χ0) is 40.2. The average molecular weight is 766 g/mol. The molecule has 1 atom stereocenters. The maximum Gasteiger partial charge on any atom is 0.163 e. The molecule has 0 spiro atoms. The van der Waals surface area contributed by atoms with Gasteiger partial charge in [-0.1, -0.05) is 104 Å². The van der Waals surface area contributed by atoms with Crippen LogP contribution in [0.15, 0.2) is 115 Å². The summed E-state index contributed by atoms with van der Waals surface area (Å²) in [5.41, 5.74) is 15.0. The number of aromatic nitrogens is 1. The number of hydrogen-bond acceptors (Lipinski definition) is 7. The first kappa shape index (κ1) is 42.6. The summed E-state index contributed by atoms with van der Waals surface area (Å²) in [6, 6.07) is 35.2. The molecule has 0 radical (unpaired) electrons. The van der Waals surface area contributed by atoms with Crippen LogP contribution >= 0.6 is 0 Å². The number of benzene rings is 4. The summed E-state index contributed by atoms with van der Waals surface area (Å²) >= 11 is 0. The van der Waals surface area contributed by atoms with E-state index >= 15 is 0 Å². The van der Waals surface area contributed by atoms with E-state index in [-0.39, 0.29) is 23.7 Å². The van der Waals surface area contributed by atoms with E-state index in [9.17, 15) is 14.7 Å². The third-order valence-electron chi connectivity index (χ3n) is 10.7. The predicted octanol–water partition coefficient (Wildman–Crippen LogP) is 9.50. The van der Waals surface area contributed by atoms with Crippen molar-refractivity contribution in [2.24, 2.45) is 5.92 Å². The van der Waals surface area contributed by atoms with Crippen molar-refractivity contribution in [3.05, 3.63) is 160 Å². The van der Waals surface area contributed by atoms with Gasteiger partial charge in [0.2, 0.25) is 0 Å². The Kier molecular flexibility index (Phi) is 17.1. The SMILES string of the molecule is CNC[C@H](CCCCCC(=O)CC(=O)C=Cc1cc(OC)c(O)cc1Cc1cnc(N)cc1CCc1cccc(CCc2ccccc2)c1)CCc1ccccc1. The maximum atomic E-state index is 13.0. The highest BCUT2D eigenvalue weighted by Gasteiger charge is 2.14. The fraction of sp³-hybridized carbons (Fsp3) is 0.340. The Morgan fingerprint density at radius 3 is 2.12 bits per heavy atom. The Morgan fingerprint density at radius 2 is 1.42 bits per heavy atom. The number of rotatable bonds is 24. The molecular weight excluding hydrogens is 707 g/mol. The number of nitrogens with two attached hydrogens (primary N) is 1. The number of aryl methyl sites for hydroxylation is 5. The molecule has 7 heteroatoms. The number of carbonyl (C=O) groups is 2. The van der Waals surface area contributed by atoms with Crippen molar-refractivity contribution in [2.75, 3.05) is 26.4 Å². The lowest BCUT2D eigenvalue weighted by molar-refractivity contribution is -0.124. The lowest BCUT2D eigenvalue weighted by Gasteiger charge is -2.16. The summed E-state index contributed by atoms with van der Waals surface area (Å²) in [6.45, 7) is 0.990. The van der Waals surface area contributed by atoms with E-state index in [4.69, 9.17) is 10.5 Å². The normalized spacial score (nSPS) is 11.8. The van der Waals surface area contributed by atoms with E-state index in [1.54, 1.807) is 24.4 Å². The summed E-state index contributed by atoms with van der Waals surface area (Å²) < 4.78 is 5.41. The van der Waals surface area contributed by atoms with Gasteiger partial charge in [-0.2, -0.15) is 0 Å². The van der Waals surface area contributed by atoms with Crippen molar-refractivity contribution >= 4 is 23.5 Å². The summed E-state index contributed by atoms with van der Waals surface area (Å²) in [5, 5.41) is 14.1. The van der Waals surface area contributed by atoms with Gasteiger partial charge in [0, 0.05) is 12.6 Å². The van der Waals surface area contributed by atoms with Crippen LogP contribution in [0.4, 0.5) is 5.82 Å². The second-order valence-electron chi connectivity index (χ2n) is 15.1. The second-order valence-corrected chi connectivity index (χ2v) is 15.1. The number of Topliss-reactive ketones (excluding diaryl/α,β-unsaturated/α-hetero) is 1. The molecule has 1 aromatic heterocycles. The zero-order valence-corrected chi connectivity index (χ0v) is 33.7. The first-order valence-corrected chi connectivity index (χ1v) is 20.5. The molecule has 57 heavy (non-hydrogen) atoms. The molecule has 0 aliphatic carbocycles. The van der Waals surface area contributed by atoms with Gasteiger partial charge in [0.25, 0.3) is 0 Å². The number of nitrogens with one attached hydrogen (secondary N) is 1. The van der Waals surface area contributed by atoms with E-state index in [0.717, 1.165) is 93.0 Å². The number of ether oxygens (including phenoxy) is 1. The summed E-state index contributed by atoms with van der Waals surface area (Å²) in [7, 11) is 3.50. The van der Waals surface area contributed by atoms with Crippen molar-refractivity contribution in [1.82, 2.24) is 10.3 Å². The number of pyridine rings is 1. The summed E-state index contributed by atoms with van der Waals surface area (Å²) in [5.74, 6) is 1.09. The number of ketones is 2. The van der Waals surface area contributed by atoms with Crippen LogP contribution in [0, 0.1) is 5.92 Å². The van der Waals surface area contributed by atoms with Crippen molar-refractivity contribution in [2.45, 2.75) is 83.5 Å². The standard InChI is InChI=1S/C50H59N3O4/c1-52-35-41(24-22-38-15-8-4-9-16-38)17-10-5-11-20-46(54)34-47(55)28-27-42-32-49(57-2)48(56)31-44(42)30-45-36-53-50(51)33-43(45)26-25-40-19-12-18-39(29-40)23-21-37-13-6-3-7-14-37/h3-4,6-9,12-16,18-19,27-29,31-33,36,41,52,56H,5,10-11,17,20-26,30,34-35H2,1-2H3,(H2,51,53)/t41-/m1/s1. The Morgan fingerprint density at radius 1 is 0.754 bits per heavy atom. The molecule has 0 amide bonds. The number of unbranched alkanes of at least 4 members (excludes halogenated alkanes) is 2. The van der Waals surface area contributed by atoms with Gasteiger partial charge in [0.05, 0.1) is 13.5 Å². The Labute approximate surface area is 339 Å². The van der Waals surface area contributed by atoms with Crippen molar-refractivity contribution in [3.63, 3.8) is 0 Å². The molecule has 4 aromatic carbocycles. The minimum absolute atomic E-state index is 0.0110. The van der Waals surface area contributed by atoms with Crippen molar-refractivity contribution in [1.29, 1.82) is 0 Å². The van der Waals surface area contributed by atoms with Gasteiger partial charge in [-0.3, -0.25) is 9.59 Å². The van der Waals surface area contributed by atoms with E-state index in [1.165, 1.54) is 35.4 Å². The molecule has 0 aliphatic rings. The predicted molar refractivity (Wildman–Crippen MR) is 233 cm³/mol.